The maximum Gasteiger partial charge on any atom is 0.271 e. The normalized spacial score (nSPS) is 21.2. The second kappa shape index (κ2) is 5.84. The quantitative estimate of drug-likeness (QED) is 0.941. The van der Waals surface area contributed by atoms with E-state index in [1.807, 2.05) is 0 Å². The van der Waals surface area contributed by atoms with E-state index in [-0.39, 0.29) is 36.1 Å². The van der Waals surface area contributed by atoms with Crippen molar-refractivity contribution < 1.29 is 14.0 Å². The lowest BCUT2D eigenvalue weighted by Crippen LogP contribution is -2.39. The Kier molecular flexibility index (Phi) is 3.89. The van der Waals surface area contributed by atoms with Gasteiger partial charge < -0.3 is 10.2 Å². The number of likely N-dealkylation sites (tertiary alicyclic amines) is 1. The molecule has 2 heterocycles. The summed E-state index contributed by atoms with van der Waals surface area (Å²) in [5.41, 5.74) is 2.71. The Labute approximate surface area is 130 Å². The molecule has 1 aliphatic heterocycles. The van der Waals surface area contributed by atoms with Gasteiger partial charge in [-0.3, -0.25) is 9.59 Å². The van der Waals surface area contributed by atoms with Crippen LogP contribution in [0.3, 0.4) is 0 Å². The predicted octanol–water partition coefficient (Wildman–Crippen LogP) is 1.98. The zero-order valence-corrected chi connectivity index (χ0v) is 12.6. The molecule has 2 amide bonds. The van der Waals surface area contributed by atoms with Crippen molar-refractivity contribution in [1.29, 1.82) is 0 Å². The summed E-state index contributed by atoms with van der Waals surface area (Å²) < 4.78 is 13.1. The molecule has 0 bridgehead atoms. The van der Waals surface area contributed by atoms with E-state index in [1.165, 1.54) is 23.5 Å². The third-order valence-corrected chi connectivity index (χ3v) is 4.37. The van der Waals surface area contributed by atoms with E-state index in [4.69, 9.17) is 0 Å². The van der Waals surface area contributed by atoms with Crippen molar-refractivity contribution >= 4 is 23.2 Å². The number of thiazole rings is 1. The number of benzene rings is 1. The van der Waals surface area contributed by atoms with Gasteiger partial charge in [0.2, 0.25) is 5.91 Å². The van der Waals surface area contributed by atoms with Crippen LogP contribution in [0.5, 0.6) is 0 Å². The van der Waals surface area contributed by atoms with Crippen molar-refractivity contribution in [3.8, 4) is 0 Å². The number of nitrogens with zero attached hydrogens (tertiary/aromatic N) is 2. The third kappa shape index (κ3) is 2.71. The smallest absolute Gasteiger partial charge is 0.271 e. The molecule has 22 heavy (non-hydrogen) atoms. The summed E-state index contributed by atoms with van der Waals surface area (Å²) in [5, 5.41) is 4.51. The number of hydrogen-bond acceptors (Lipinski definition) is 4. The van der Waals surface area contributed by atoms with Crippen LogP contribution >= 0.6 is 11.3 Å². The molecule has 1 aliphatic rings. The van der Waals surface area contributed by atoms with Crippen LogP contribution in [-0.4, -0.2) is 34.8 Å². The molecule has 1 aromatic heterocycles. The molecule has 0 unspecified atom stereocenters. The number of aromatic nitrogens is 1. The number of rotatable bonds is 3. The fourth-order valence-corrected chi connectivity index (χ4v) is 3.21. The molecule has 1 N–H and O–H groups in total. The van der Waals surface area contributed by atoms with E-state index >= 15 is 0 Å². The van der Waals surface area contributed by atoms with Gasteiger partial charge in [0.25, 0.3) is 5.91 Å². The molecule has 0 spiro atoms. The molecule has 2 aromatic rings. The minimum atomic E-state index is -0.364. The summed E-state index contributed by atoms with van der Waals surface area (Å²) in [7, 11) is 1.69. The molecule has 1 fully saturated rings. The van der Waals surface area contributed by atoms with Crippen molar-refractivity contribution in [2.24, 2.45) is 0 Å². The molecule has 1 saturated heterocycles. The van der Waals surface area contributed by atoms with Crippen LogP contribution in [0.1, 0.15) is 28.5 Å². The van der Waals surface area contributed by atoms with Crippen molar-refractivity contribution in [3.05, 3.63) is 52.2 Å². The highest BCUT2D eigenvalue weighted by Crippen LogP contribution is 2.32. The zero-order valence-electron chi connectivity index (χ0n) is 11.8. The first-order chi connectivity index (χ1) is 10.6. The topological polar surface area (TPSA) is 62.3 Å². The first-order valence-electron chi connectivity index (χ1n) is 6.76. The van der Waals surface area contributed by atoms with Gasteiger partial charge in [-0.1, -0.05) is 12.1 Å². The molecular formula is C15H14FN3O2S. The van der Waals surface area contributed by atoms with E-state index in [1.54, 1.807) is 35.0 Å². The summed E-state index contributed by atoms with van der Waals surface area (Å²) in [6.45, 7) is 0. The van der Waals surface area contributed by atoms with Crippen LogP contribution in [0.2, 0.25) is 0 Å². The van der Waals surface area contributed by atoms with E-state index in [9.17, 15) is 14.0 Å². The van der Waals surface area contributed by atoms with E-state index in [2.05, 4.69) is 10.3 Å². The zero-order chi connectivity index (χ0) is 15.7. The molecule has 2 atom stereocenters. The number of nitrogens with one attached hydrogen (secondary N) is 1. The predicted molar refractivity (Wildman–Crippen MR) is 79.9 cm³/mol. The average molecular weight is 319 g/mol. The number of amides is 2. The Morgan fingerprint density at radius 2 is 2.14 bits per heavy atom. The second-order valence-electron chi connectivity index (χ2n) is 5.16. The Balaban J connectivity index is 1.83. The molecule has 0 saturated carbocycles. The molecule has 0 aliphatic carbocycles. The maximum absolute atomic E-state index is 13.1. The largest absolute Gasteiger partial charge is 0.345 e. The van der Waals surface area contributed by atoms with Crippen molar-refractivity contribution in [2.75, 3.05) is 7.05 Å². The Morgan fingerprint density at radius 1 is 1.41 bits per heavy atom. The van der Waals surface area contributed by atoms with Gasteiger partial charge in [0.15, 0.2) is 0 Å². The van der Waals surface area contributed by atoms with Crippen molar-refractivity contribution in [1.82, 2.24) is 15.2 Å². The lowest BCUT2D eigenvalue weighted by Gasteiger charge is -2.25. The minimum absolute atomic E-state index is 0.0575. The van der Waals surface area contributed by atoms with Gasteiger partial charge in [0.05, 0.1) is 17.6 Å². The lowest BCUT2D eigenvalue weighted by molar-refractivity contribution is -0.127. The van der Waals surface area contributed by atoms with Gasteiger partial charge in [-0.15, -0.1) is 11.3 Å². The molecule has 0 radical (unpaired) electrons. The summed E-state index contributed by atoms with van der Waals surface area (Å²) >= 11 is 1.33. The Hall–Kier alpha value is -2.28. The summed E-state index contributed by atoms with van der Waals surface area (Å²) in [5.74, 6) is -0.696. The summed E-state index contributed by atoms with van der Waals surface area (Å²) in [6, 6.07) is 5.30. The van der Waals surface area contributed by atoms with Gasteiger partial charge in [0, 0.05) is 18.8 Å². The number of hydrogen-bond donors (Lipinski definition) is 1. The minimum Gasteiger partial charge on any atom is -0.345 e. The standard InChI is InChI=1S/C15H14FN3O2S/c1-19-13(20)6-11(18-15(21)12-7-22-8-17-12)14(19)9-2-4-10(16)5-3-9/h2-5,7-8,11,14H,6H2,1H3,(H,18,21)/t11-,14+/m1/s1. The van der Waals surface area contributed by atoms with Crippen LogP contribution in [-0.2, 0) is 4.79 Å². The average Bonchev–Trinajstić information content (AvgIpc) is 3.11. The highest BCUT2D eigenvalue weighted by atomic mass is 32.1. The van der Waals surface area contributed by atoms with Gasteiger partial charge in [-0.2, -0.15) is 0 Å². The van der Waals surface area contributed by atoms with Crippen LogP contribution in [0, 0.1) is 5.82 Å². The third-order valence-electron chi connectivity index (χ3n) is 3.78. The Bertz CT molecular complexity index is 687. The molecular weight excluding hydrogens is 305 g/mol. The maximum atomic E-state index is 13.1. The monoisotopic (exact) mass is 319 g/mol. The number of carbonyl (C=O) groups is 2. The fourth-order valence-electron chi connectivity index (χ4n) is 2.68. The molecule has 114 valence electrons. The van der Waals surface area contributed by atoms with Crippen LogP contribution < -0.4 is 5.32 Å². The van der Waals surface area contributed by atoms with Crippen LogP contribution in [0.15, 0.2) is 35.2 Å². The molecule has 3 rings (SSSR count). The van der Waals surface area contributed by atoms with Crippen molar-refractivity contribution in [2.45, 2.75) is 18.5 Å². The van der Waals surface area contributed by atoms with Gasteiger partial charge >= 0.3 is 0 Å². The summed E-state index contributed by atoms with van der Waals surface area (Å²) in [4.78, 5) is 29.7. The highest BCUT2D eigenvalue weighted by molar-refractivity contribution is 7.07. The van der Waals surface area contributed by atoms with Crippen LogP contribution in [0.4, 0.5) is 4.39 Å². The van der Waals surface area contributed by atoms with Crippen LogP contribution in [0.25, 0.3) is 0 Å². The van der Waals surface area contributed by atoms with Crippen molar-refractivity contribution in [3.63, 3.8) is 0 Å². The van der Waals surface area contributed by atoms with Gasteiger partial charge in [0.1, 0.15) is 11.5 Å². The first-order valence-corrected chi connectivity index (χ1v) is 7.70. The molecule has 5 nitrogen and oxygen atoms in total. The molecule has 1 aromatic carbocycles. The van der Waals surface area contributed by atoms with Gasteiger partial charge in [-0.25, -0.2) is 9.37 Å². The highest BCUT2D eigenvalue weighted by Gasteiger charge is 2.39. The van der Waals surface area contributed by atoms with Gasteiger partial charge in [-0.05, 0) is 17.7 Å². The van der Waals surface area contributed by atoms with E-state index < -0.39 is 0 Å². The Morgan fingerprint density at radius 3 is 2.77 bits per heavy atom. The first kappa shape index (κ1) is 14.6. The molecule has 7 heteroatoms. The fraction of sp³-hybridized carbons (Fsp3) is 0.267. The number of halogens is 1. The van der Waals surface area contributed by atoms with E-state index in [0.717, 1.165) is 5.56 Å². The SMILES string of the molecule is CN1C(=O)C[C@@H](NC(=O)c2cscn2)[C@@H]1c1ccc(F)cc1. The second-order valence-corrected chi connectivity index (χ2v) is 5.88. The van der Waals surface area contributed by atoms with E-state index in [0.29, 0.717) is 5.69 Å². The lowest BCUT2D eigenvalue weighted by atomic mass is 10.00. The number of carbonyl (C=O) groups excluding carboxylic acids is 2. The number of likely N-dealkylation sites (N-methyl/N-ethyl adjacent to an activating group) is 1. The summed E-state index contributed by atoms with van der Waals surface area (Å²) in [6.07, 6.45) is 0.217.